The van der Waals surface area contributed by atoms with Crippen LogP contribution in [0.4, 0.5) is 5.82 Å². The Morgan fingerprint density at radius 1 is 1.12 bits per heavy atom. The van der Waals surface area contributed by atoms with E-state index in [-0.39, 0.29) is 5.84 Å². The Bertz CT molecular complexity index is 936. The molecule has 0 aliphatic heterocycles. The molecule has 1 atom stereocenters. The van der Waals surface area contributed by atoms with Crippen molar-refractivity contribution in [3.63, 3.8) is 0 Å². The molecular weight excluding hydrogens is 300 g/mol. The third kappa shape index (κ3) is 2.44. The molecule has 120 valence electrons. The lowest BCUT2D eigenvalue weighted by Crippen LogP contribution is -2.14. The van der Waals surface area contributed by atoms with Gasteiger partial charge in [-0.2, -0.15) is 0 Å². The average molecular weight is 318 g/mol. The SMILES string of the molecule is NC(=NO)c1cccc2nc(NC3CCc4ccccc43)ccc12. The van der Waals surface area contributed by atoms with E-state index in [4.69, 9.17) is 10.9 Å². The third-order valence-electron chi connectivity index (χ3n) is 4.57. The van der Waals surface area contributed by atoms with Crippen molar-refractivity contribution in [3.05, 3.63) is 71.3 Å². The number of pyridine rings is 1. The highest BCUT2D eigenvalue weighted by atomic mass is 16.4. The fraction of sp³-hybridized carbons (Fsp3) is 0.158. The first-order valence-corrected chi connectivity index (χ1v) is 7.98. The maximum absolute atomic E-state index is 8.92. The van der Waals surface area contributed by atoms with Gasteiger partial charge in [0.25, 0.3) is 0 Å². The Hall–Kier alpha value is -3.08. The summed E-state index contributed by atoms with van der Waals surface area (Å²) in [5.41, 5.74) is 10.00. The molecule has 4 rings (SSSR count). The molecule has 5 nitrogen and oxygen atoms in total. The Morgan fingerprint density at radius 3 is 2.88 bits per heavy atom. The zero-order valence-electron chi connectivity index (χ0n) is 13.1. The predicted octanol–water partition coefficient (Wildman–Crippen LogP) is 3.43. The minimum Gasteiger partial charge on any atom is -0.409 e. The number of oxime groups is 1. The summed E-state index contributed by atoms with van der Waals surface area (Å²) in [4.78, 5) is 4.69. The maximum Gasteiger partial charge on any atom is 0.170 e. The van der Waals surface area contributed by atoms with Crippen molar-refractivity contribution >= 4 is 22.6 Å². The van der Waals surface area contributed by atoms with Gasteiger partial charge in [0.1, 0.15) is 5.82 Å². The van der Waals surface area contributed by atoms with Crippen LogP contribution in [-0.2, 0) is 6.42 Å². The van der Waals surface area contributed by atoms with Gasteiger partial charge in [-0.3, -0.25) is 0 Å². The Balaban J connectivity index is 1.67. The van der Waals surface area contributed by atoms with E-state index in [1.807, 2.05) is 30.3 Å². The van der Waals surface area contributed by atoms with Crippen LogP contribution in [0.3, 0.4) is 0 Å². The highest BCUT2D eigenvalue weighted by molar-refractivity contribution is 6.08. The number of anilines is 1. The fourth-order valence-electron chi connectivity index (χ4n) is 3.40. The second-order valence-corrected chi connectivity index (χ2v) is 5.99. The van der Waals surface area contributed by atoms with Crippen molar-refractivity contribution in [2.24, 2.45) is 10.9 Å². The van der Waals surface area contributed by atoms with Gasteiger partial charge >= 0.3 is 0 Å². The quantitative estimate of drug-likeness (QED) is 0.299. The molecule has 0 spiro atoms. The molecule has 5 heteroatoms. The van der Waals surface area contributed by atoms with E-state index in [9.17, 15) is 0 Å². The van der Waals surface area contributed by atoms with E-state index in [0.29, 0.717) is 11.6 Å². The summed E-state index contributed by atoms with van der Waals surface area (Å²) in [7, 11) is 0. The molecule has 0 saturated heterocycles. The number of fused-ring (bicyclic) bond motifs is 2. The van der Waals surface area contributed by atoms with Crippen LogP contribution in [0.2, 0.25) is 0 Å². The topological polar surface area (TPSA) is 83.5 Å². The third-order valence-corrected chi connectivity index (χ3v) is 4.57. The van der Waals surface area contributed by atoms with E-state index < -0.39 is 0 Å². The van der Waals surface area contributed by atoms with E-state index >= 15 is 0 Å². The second kappa shape index (κ2) is 5.85. The summed E-state index contributed by atoms with van der Waals surface area (Å²) in [5, 5.41) is 16.4. The normalized spacial score (nSPS) is 17.0. The first-order chi connectivity index (χ1) is 11.8. The highest BCUT2D eigenvalue weighted by Gasteiger charge is 2.22. The summed E-state index contributed by atoms with van der Waals surface area (Å²) < 4.78 is 0. The van der Waals surface area contributed by atoms with Crippen molar-refractivity contribution < 1.29 is 5.21 Å². The molecular formula is C19H18N4O. The predicted molar refractivity (Wildman–Crippen MR) is 95.4 cm³/mol. The van der Waals surface area contributed by atoms with Crippen LogP contribution in [0.1, 0.15) is 29.2 Å². The lowest BCUT2D eigenvalue weighted by Gasteiger charge is -2.15. The van der Waals surface area contributed by atoms with Crippen LogP contribution in [0, 0.1) is 0 Å². The molecule has 0 fully saturated rings. The number of benzene rings is 2. The van der Waals surface area contributed by atoms with Crippen LogP contribution in [-0.4, -0.2) is 16.0 Å². The van der Waals surface area contributed by atoms with Crippen LogP contribution in [0.15, 0.2) is 59.8 Å². The Morgan fingerprint density at radius 2 is 2.00 bits per heavy atom. The number of aromatic nitrogens is 1. The van der Waals surface area contributed by atoms with Crippen molar-refractivity contribution in [1.29, 1.82) is 0 Å². The monoisotopic (exact) mass is 318 g/mol. The Kier molecular flexibility index (Phi) is 3.54. The standard InChI is InChI=1S/C19H18N4O/c20-19(23-24)15-6-3-7-16-14(15)9-11-18(21-16)22-17-10-8-12-4-1-2-5-13(12)17/h1-7,9,11,17,24H,8,10H2,(H2,20,23)(H,21,22). The highest BCUT2D eigenvalue weighted by Crippen LogP contribution is 2.33. The van der Waals surface area contributed by atoms with Crippen LogP contribution < -0.4 is 11.1 Å². The van der Waals surface area contributed by atoms with Crippen LogP contribution in [0.25, 0.3) is 10.9 Å². The molecule has 0 saturated carbocycles. The van der Waals surface area contributed by atoms with Crippen molar-refractivity contribution in [2.45, 2.75) is 18.9 Å². The molecule has 0 radical (unpaired) electrons. The second-order valence-electron chi connectivity index (χ2n) is 5.99. The molecule has 24 heavy (non-hydrogen) atoms. The number of nitrogens with zero attached hydrogens (tertiary/aromatic N) is 2. The number of rotatable bonds is 3. The first-order valence-electron chi connectivity index (χ1n) is 7.98. The number of hydrogen-bond acceptors (Lipinski definition) is 4. The number of amidine groups is 1. The summed E-state index contributed by atoms with van der Waals surface area (Å²) >= 11 is 0. The number of nitrogens with two attached hydrogens (primary N) is 1. The van der Waals surface area contributed by atoms with Gasteiger partial charge in [0, 0.05) is 10.9 Å². The van der Waals surface area contributed by atoms with Gasteiger partial charge in [-0.15, -0.1) is 0 Å². The maximum atomic E-state index is 8.92. The molecule has 3 aromatic rings. The zero-order chi connectivity index (χ0) is 16.5. The molecule has 1 heterocycles. The molecule has 1 aliphatic carbocycles. The van der Waals surface area contributed by atoms with Gasteiger partial charge in [0.05, 0.1) is 11.6 Å². The fourth-order valence-corrected chi connectivity index (χ4v) is 3.40. The molecule has 2 aromatic carbocycles. The molecule has 0 bridgehead atoms. The molecule has 0 amide bonds. The molecule has 1 aromatic heterocycles. The number of hydrogen-bond donors (Lipinski definition) is 3. The summed E-state index contributed by atoms with van der Waals surface area (Å²) in [5.74, 6) is 0.925. The summed E-state index contributed by atoms with van der Waals surface area (Å²) in [6.45, 7) is 0. The molecule has 1 aliphatic rings. The van der Waals surface area contributed by atoms with E-state index in [1.165, 1.54) is 11.1 Å². The minimum atomic E-state index is 0.0906. The van der Waals surface area contributed by atoms with E-state index in [2.05, 4.69) is 39.7 Å². The zero-order valence-corrected chi connectivity index (χ0v) is 13.1. The Labute approximate surface area is 139 Å². The lowest BCUT2D eigenvalue weighted by atomic mass is 10.1. The average Bonchev–Trinajstić information content (AvgIpc) is 3.03. The van der Waals surface area contributed by atoms with E-state index in [1.54, 1.807) is 0 Å². The number of aryl methyl sites for hydroxylation is 1. The largest absolute Gasteiger partial charge is 0.409 e. The van der Waals surface area contributed by atoms with Gasteiger partial charge in [-0.05, 0) is 42.2 Å². The lowest BCUT2D eigenvalue weighted by molar-refractivity contribution is 0.318. The van der Waals surface area contributed by atoms with Gasteiger partial charge in [0.2, 0.25) is 0 Å². The van der Waals surface area contributed by atoms with Crippen LogP contribution in [0.5, 0.6) is 0 Å². The molecule has 1 unspecified atom stereocenters. The van der Waals surface area contributed by atoms with Crippen molar-refractivity contribution in [2.75, 3.05) is 5.32 Å². The van der Waals surface area contributed by atoms with Gasteiger partial charge in [-0.1, -0.05) is 41.6 Å². The van der Waals surface area contributed by atoms with Crippen molar-refractivity contribution in [1.82, 2.24) is 4.98 Å². The smallest absolute Gasteiger partial charge is 0.170 e. The van der Waals surface area contributed by atoms with Gasteiger partial charge in [-0.25, -0.2) is 4.98 Å². The van der Waals surface area contributed by atoms with Crippen molar-refractivity contribution in [3.8, 4) is 0 Å². The van der Waals surface area contributed by atoms with Gasteiger partial charge in [0.15, 0.2) is 5.84 Å². The van der Waals surface area contributed by atoms with E-state index in [0.717, 1.165) is 29.6 Å². The summed E-state index contributed by atoms with van der Waals surface area (Å²) in [6.07, 6.45) is 2.16. The number of nitrogens with one attached hydrogen (secondary N) is 1. The van der Waals surface area contributed by atoms with Gasteiger partial charge < -0.3 is 16.3 Å². The molecule has 4 N–H and O–H groups in total. The van der Waals surface area contributed by atoms with Crippen LogP contribution >= 0.6 is 0 Å². The first kappa shape index (κ1) is 14.5. The minimum absolute atomic E-state index is 0.0906. The summed E-state index contributed by atoms with van der Waals surface area (Å²) in [6, 6.07) is 18.3.